The number of hydrogen-bond acceptors (Lipinski definition) is 10. The first-order valence-electron chi connectivity index (χ1n) is 18.4. The maximum atomic E-state index is 13.6. The minimum Gasteiger partial charge on any atom is -0.492 e. The zero-order chi connectivity index (χ0) is 37.2. The quantitative estimate of drug-likeness (QED) is 0.0412. The molecule has 0 spiro atoms. The molecule has 10 nitrogen and oxygen atoms in total. The molecule has 52 heavy (non-hydrogen) atoms. The minimum atomic E-state index is -1.38. The molecule has 0 aliphatic carbocycles. The molecule has 0 radical (unpaired) electrons. The summed E-state index contributed by atoms with van der Waals surface area (Å²) in [6.07, 6.45) is 4.17. The molecular formula is C42H56O10. The van der Waals surface area contributed by atoms with Gasteiger partial charge in [-0.3, -0.25) is 9.59 Å². The van der Waals surface area contributed by atoms with Gasteiger partial charge >= 0.3 is 11.9 Å². The maximum Gasteiger partial charge on any atom is 0.323 e. The predicted molar refractivity (Wildman–Crippen MR) is 198 cm³/mol. The van der Waals surface area contributed by atoms with Crippen molar-refractivity contribution in [3.63, 3.8) is 0 Å². The summed E-state index contributed by atoms with van der Waals surface area (Å²) in [5.74, 6) is 1.21. The molecule has 0 amide bonds. The highest BCUT2D eigenvalue weighted by atomic mass is 16.7. The van der Waals surface area contributed by atoms with Gasteiger partial charge in [-0.15, -0.1) is 0 Å². The number of carbonyl (C=O) groups excluding carboxylic acids is 2. The molecule has 2 atom stereocenters. The van der Waals surface area contributed by atoms with Crippen LogP contribution in [0, 0.1) is 5.41 Å². The van der Waals surface area contributed by atoms with Crippen LogP contribution in [0.4, 0.5) is 0 Å². The Bertz CT molecular complexity index is 1490. The van der Waals surface area contributed by atoms with E-state index in [0.717, 1.165) is 41.0 Å². The van der Waals surface area contributed by atoms with Crippen LogP contribution in [-0.2, 0) is 45.3 Å². The van der Waals surface area contributed by atoms with Crippen molar-refractivity contribution in [3.8, 4) is 17.2 Å². The van der Waals surface area contributed by atoms with E-state index in [1.54, 1.807) is 28.1 Å². The Morgan fingerprint density at radius 2 is 1.40 bits per heavy atom. The number of fused-ring (bicyclic) bond motifs is 1. The van der Waals surface area contributed by atoms with E-state index in [-0.39, 0.29) is 38.1 Å². The second-order valence-electron chi connectivity index (χ2n) is 13.3. The van der Waals surface area contributed by atoms with Gasteiger partial charge in [0.25, 0.3) is 0 Å². The smallest absolute Gasteiger partial charge is 0.323 e. The highest BCUT2D eigenvalue weighted by Crippen LogP contribution is 2.50. The molecule has 4 rings (SSSR count). The lowest BCUT2D eigenvalue weighted by molar-refractivity contribution is -0.173. The van der Waals surface area contributed by atoms with Gasteiger partial charge in [0.15, 0.2) is 19.0 Å². The van der Waals surface area contributed by atoms with Gasteiger partial charge in [0, 0.05) is 38.2 Å². The molecular weight excluding hydrogens is 664 g/mol. The third-order valence-electron chi connectivity index (χ3n) is 9.79. The molecule has 0 bridgehead atoms. The molecule has 0 saturated carbocycles. The molecule has 284 valence electrons. The maximum absolute atomic E-state index is 13.6. The number of unbranched alkanes of at least 4 members (excludes halogenated alkanes) is 2. The fourth-order valence-corrected chi connectivity index (χ4v) is 6.96. The Morgan fingerprint density at radius 3 is 2.04 bits per heavy atom. The van der Waals surface area contributed by atoms with Crippen molar-refractivity contribution in [2.75, 3.05) is 54.2 Å². The first kappa shape index (κ1) is 40.6. The van der Waals surface area contributed by atoms with Gasteiger partial charge in [0.2, 0.25) is 0 Å². The Balaban J connectivity index is 1.51. The van der Waals surface area contributed by atoms with Gasteiger partial charge in [0.1, 0.15) is 17.2 Å². The molecule has 1 heterocycles. The Morgan fingerprint density at radius 1 is 0.788 bits per heavy atom. The van der Waals surface area contributed by atoms with E-state index in [4.69, 9.17) is 37.9 Å². The second-order valence-corrected chi connectivity index (χ2v) is 13.3. The van der Waals surface area contributed by atoms with Crippen LogP contribution in [0.1, 0.15) is 88.3 Å². The van der Waals surface area contributed by atoms with Crippen LogP contribution < -0.4 is 14.2 Å². The lowest BCUT2D eigenvalue weighted by atomic mass is 9.66. The van der Waals surface area contributed by atoms with Gasteiger partial charge in [-0.05, 0) is 80.8 Å². The zero-order valence-corrected chi connectivity index (χ0v) is 31.5. The first-order valence-corrected chi connectivity index (χ1v) is 18.4. The van der Waals surface area contributed by atoms with Crippen LogP contribution in [0.2, 0.25) is 0 Å². The lowest BCUT2D eigenvalue weighted by Crippen LogP contribution is -2.42. The summed E-state index contributed by atoms with van der Waals surface area (Å²) in [6, 6.07) is 24.0. The lowest BCUT2D eigenvalue weighted by Gasteiger charge is -2.43. The molecule has 0 saturated heterocycles. The number of benzene rings is 3. The largest absolute Gasteiger partial charge is 0.492 e. The van der Waals surface area contributed by atoms with Crippen molar-refractivity contribution in [2.45, 2.75) is 83.7 Å². The SMILES string of the molecule is CCOC(=O)C(CCCCOCc1ccccc1)(CCCCC1c2ccc(OCOC)cc2OCC1(C)c1ccc(OCOC)cc1)C(=O)OCC. The summed E-state index contributed by atoms with van der Waals surface area (Å²) in [4.78, 5) is 27.2. The highest BCUT2D eigenvalue weighted by molar-refractivity contribution is 6.00. The van der Waals surface area contributed by atoms with Crippen molar-refractivity contribution >= 4 is 11.9 Å². The van der Waals surface area contributed by atoms with Crippen molar-refractivity contribution in [1.29, 1.82) is 0 Å². The van der Waals surface area contributed by atoms with Gasteiger partial charge in [-0.1, -0.05) is 68.3 Å². The number of methoxy groups -OCH3 is 2. The molecule has 3 aromatic rings. The Hall–Kier alpha value is -4.12. The van der Waals surface area contributed by atoms with Gasteiger partial charge in [-0.2, -0.15) is 0 Å². The van der Waals surface area contributed by atoms with Gasteiger partial charge in [-0.25, -0.2) is 0 Å². The van der Waals surface area contributed by atoms with Gasteiger partial charge < -0.3 is 37.9 Å². The summed E-state index contributed by atoms with van der Waals surface area (Å²) >= 11 is 0. The summed E-state index contributed by atoms with van der Waals surface area (Å²) in [5, 5.41) is 0. The average molecular weight is 721 g/mol. The van der Waals surface area contributed by atoms with Crippen LogP contribution in [0.3, 0.4) is 0 Å². The molecule has 3 aromatic carbocycles. The Kier molecular flexibility index (Phi) is 16.3. The van der Waals surface area contributed by atoms with Crippen LogP contribution in [0.5, 0.6) is 17.2 Å². The Labute approximate surface area is 309 Å². The third-order valence-corrected chi connectivity index (χ3v) is 9.79. The molecule has 0 aromatic heterocycles. The monoisotopic (exact) mass is 720 g/mol. The van der Waals surface area contributed by atoms with E-state index in [0.29, 0.717) is 57.7 Å². The molecule has 10 heteroatoms. The number of carbonyl (C=O) groups is 2. The van der Waals surface area contributed by atoms with E-state index in [9.17, 15) is 9.59 Å². The average Bonchev–Trinajstić information content (AvgIpc) is 3.16. The highest BCUT2D eigenvalue weighted by Gasteiger charge is 2.48. The third kappa shape index (κ3) is 10.7. The number of rotatable bonds is 23. The number of ether oxygens (including phenoxy) is 8. The molecule has 0 fully saturated rings. The van der Waals surface area contributed by atoms with Crippen LogP contribution in [0.25, 0.3) is 0 Å². The summed E-state index contributed by atoms with van der Waals surface area (Å²) in [5.41, 5.74) is 1.55. The minimum absolute atomic E-state index is 0.0693. The van der Waals surface area contributed by atoms with Crippen molar-refractivity contribution < 1.29 is 47.5 Å². The van der Waals surface area contributed by atoms with Crippen LogP contribution in [-0.4, -0.2) is 66.2 Å². The number of hydrogen-bond donors (Lipinski definition) is 0. The molecule has 0 N–H and O–H groups in total. The second kappa shape index (κ2) is 20.8. The summed E-state index contributed by atoms with van der Waals surface area (Å²) in [6.45, 7) is 7.92. The van der Waals surface area contributed by atoms with Gasteiger partial charge in [0.05, 0.1) is 26.4 Å². The van der Waals surface area contributed by atoms with Crippen LogP contribution >= 0.6 is 0 Å². The van der Waals surface area contributed by atoms with E-state index in [1.807, 2.05) is 54.6 Å². The van der Waals surface area contributed by atoms with E-state index in [1.165, 1.54) is 0 Å². The molecule has 2 unspecified atom stereocenters. The fraction of sp³-hybridized carbons (Fsp3) is 0.524. The first-order chi connectivity index (χ1) is 25.3. The van der Waals surface area contributed by atoms with Crippen molar-refractivity contribution in [3.05, 3.63) is 89.5 Å². The standard InChI is InChI=1S/C42H56O10/c1-6-48-39(43)42(40(44)49-7-2,25-13-14-26-47-28-32-15-9-8-10-16-32)24-12-11-17-37-36-23-22-35(52-31-46-5)27-38(36)50-29-41(37,3)33-18-20-34(21-19-33)51-30-45-4/h8-10,15-16,18-23,27,37H,6-7,11-14,17,24-26,28-31H2,1-5H3. The van der Waals surface area contributed by atoms with Crippen molar-refractivity contribution in [2.24, 2.45) is 5.41 Å². The molecule has 1 aliphatic rings. The summed E-state index contributed by atoms with van der Waals surface area (Å²) < 4.78 is 44.9. The number of esters is 2. The molecule has 1 aliphatic heterocycles. The van der Waals surface area contributed by atoms with Crippen molar-refractivity contribution in [1.82, 2.24) is 0 Å². The topological polar surface area (TPSA) is 108 Å². The fourth-order valence-electron chi connectivity index (χ4n) is 6.96. The summed E-state index contributed by atoms with van der Waals surface area (Å²) in [7, 11) is 3.18. The predicted octanol–water partition coefficient (Wildman–Crippen LogP) is 8.15. The van der Waals surface area contributed by atoms with Crippen LogP contribution in [0.15, 0.2) is 72.8 Å². The van der Waals surface area contributed by atoms with E-state index >= 15 is 0 Å². The normalized spacial score (nSPS) is 16.8. The van der Waals surface area contributed by atoms with E-state index in [2.05, 4.69) is 25.1 Å². The zero-order valence-electron chi connectivity index (χ0n) is 31.5. The van der Waals surface area contributed by atoms with E-state index < -0.39 is 17.4 Å².